The first-order valence-corrected chi connectivity index (χ1v) is 8.95. The zero-order valence-electron chi connectivity index (χ0n) is 12.8. The van der Waals surface area contributed by atoms with Crippen LogP contribution in [0.15, 0.2) is 5.38 Å². The Morgan fingerprint density at radius 2 is 2.20 bits per heavy atom. The Morgan fingerprint density at radius 1 is 1.40 bits per heavy atom. The van der Waals surface area contributed by atoms with Gasteiger partial charge < -0.3 is 5.32 Å². The largest absolute Gasteiger partial charge is 0.310 e. The Balaban J connectivity index is 1.72. The van der Waals surface area contributed by atoms with Crippen molar-refractivity contribution < 1.29 is 0 Å². The third-order valence-electron chi connectivity index (χ3n) is 5.03. The average molecular weight is 293 g/mol. The molecule has 3 nitrogen and oxygen atoms in total. The number of aromatic nitrogens is 1. The quantitative estimate of drug-likeness (QED) is 0.906. The highest BCUT2D eigenvalue weighted by Crippen LogP contribution is 2.32. The molecule has 4 heteroatoms. The van der Waals surface area contributed by atoms with E-state index in [1.807, 2.05) is 0 Å². The second-order valence-corrected chi connectivity index (χ2v) is 7.73. The maximum atomic E-state index is 4.66. The molecule has 1 N–H and O–H groups in total. The summed E-state index contributed by atoms with van der Waals surface area (Å²) in [6.07, 6.45) is 8.17. The average Bonchev–Trinajstić information content (AvgIpc) is 2.78. The second-order valence-electron chi connectivity index (χ2n) is 6.67. The van der Waals surface area contributed by atoms with E-state index in [1.54, 1.807) is 11.3 Å². The Labute approximate surface area is 126 Å². The summed E-state index contributed by atoms with van der Waals surface area (Å²) >= 11 is 1.77. The first-order chi connectivity index (χ1) is 9.67. The van der Waals surface area contributed by atoms with E-state index in [0.29, 0.717) is 11.6 Å². The molecule has 1 aromatic rings. The van der Waals surface area contributed by atoms with E-state index in [9.17, 15) is 0 Å². The summed E-state index contributed by atoms with van der Waals surface area (Å²) in [6, 6.07) is 0.658. The molecular weight excluding hydrogens is 266 g/mol. The first-order valence-electron chi connectivity index (χ1n) is 8.07. The van der Waals surface area contributed by atoms with Crippen molar-refractivity contribution in [3.63, 3.8) is 0 Å². The van der Waals surface area contributed by atoms with Crippen LogP contribution < -0.4 is 5.32 Å². The zero-order chi connectivity index (χ0) is 14.0. The van der Waals surface area contributed by atoms with Crippen LogP contribution in [0.25, 0.3) is 0 Å². The fourth-order valence-corrected chi connectivity index (χ4v) is 4.40. The van der Waals surface area contributed by atoms with Gasteiger partial charge in [-0.3, -0.25) is 4.90 Å². The summed E-state index contributed by atoms with van der Waals surface area (Å²) in [5, 5.41) is 7.31. The van der Waals surface area contributed by atoms with Gasteiger partial charge >= 0.3 is 0 Å². The zero-order valence-corrected chi connectivity index (χ0v) is 13.6. The monoisotopic (exact) mass is 293 g/mol. The van der Waals surface area contributed by atoms with Gasteiger partial charge in [-0.25, -0.2) is 4.98 Å². The highest BCUT2D eigenvalue weighted by atomic mass is 32.1. The molecule has 2 fully saturated rings. The van der Waals surface area contributed by atoms with Gasteiger partial charge in [0.2, 0.25) is 0 Å². The van der Waals surface area contributed by atoms with Crippen LogP contribution in [0.5, 0.6) is 0 Å². The van der Waals surface area contributed by atoms with Crippen molar-refractivity contribution in [2.45, 2.75) is 70.5 Å². The van der Waals surface area contributed by atoms with Crippen LogP contribution in [0.1, 0.15) is 56.2 Å². The first kappa shape index (κ1) is 14.5. The van der Waals surface area contributed by atoms with E-state index in [0.717, 1.165) is 6.54 Å². The Kier molecular flexibility index (Phi) is 4.43. The minimum Gasteiger partial charge on any atom is -0.310 e. The number of thiazole rings is 1. The number of aryl methyl sites for hydroxylation is 1. The van der Waals surface area contributed by atoms with E-state index >= 15 is 0 Å². The summed E-state index contributed by atoms with van der Waals surface area (Å²) in [7, 11) is 0. The van der Waals surface area contributed by atoms with E-state index in [4.69, 9.17) is 0 Å². The van der Waals surface area contributed by atoms with E-state index in [-0.39, 0.29) is 0 Å². The fourth-order valence-electron chi connectivity index (χ4n) is 3.79. The van der Waals surface area contributed by atoms with Crippen molar-refractivity contribution in [1.82, 2.24) is 15.2 Å². The molecule has 0 amide bonds. The van der Waals surface area contributed by atoms with Crippen LogP contribution in [-0.4, -0.2) is 34.6 Å². The Hall–Kier alpha value is -0.450. The number of nitrogens with one attached hydrogen (secondary N) is 1. The predicted molar refractivity (Wildman–Crippen MR) is 85.2 cm³/mol. The van der Waals surface area contributed by atoms with Crippen molar-refractivity contribution in [2.24, 2.45) is 0 Å². The molecule has 20 heavy (non-hydrogen) atoms. The highest BCUT2D eigenvalue weighted by molar-refractivity contribution is 7.09. The lowest BCUT2D eigenvalue weighted by Gasteiger charge is -2.40. The molecule has 1 saturated carbocycles. The summed E-state index contributed by atoms with van der Waals surface area (Å²) < 4.78 is 0. The van der Waals surface area contributed by atoms with Crippen molar-refractivity contribution in [3.05, 3.63) is 16.1 Å². The molecule has 0 aromatic carbocycles. The van der Waals surface area contributed by atoms with Gasteiger partial charge in [0.25, 0.3) is 0 Å². The van der Waals surface area contributed by atoms with Crippen molar-refractivity contribution in [3.8, 4) is 0 Å². The van der Waals surface area contributed by atoms with Crippen LogP contribution in [0, 0.1) is 6.92 Å². The number of rotatable bonds is 2. The van der Waals surface area contributed by atoms with E-state index in [2.05, 4.69) is 34.4 Å². The van der Waals surface area contributed by atoms with Crippen LogP contribution in [0.2, 0.25) is 0 Å². The predicted octanol–water partition coefficient (Wildman–Crippen LogP) is 3.34. The highest BCUT2D eigenvalue weighted by Gasteiger charge is 2.36. The molecule has 1 atom stereocenters. The summed E-state index contributed by atoms with van der Waals surface area (Å²) in [5.74, 6) is 0. The van der Waals surface area contributed by atoms with Gasteiger partial charge in [-0.2, -0.15) is 0 Å². The van der Waals surface area contributed by atoms with Gasteiger partial charge in [-0.1, -0.05) is 19.3 Å². The van der Waals surface area contributed by atoms with Crippen molar-refractivity contribution in [1.29, 1.82) is 0 Å². The summed E-state index contributed by atoms with van der Waals surface area (Å²) in [5.41, 5.74) is 1.64. The standard InChI is InChI=1S/C16H27N3S/c1-13-6-9-17-16(7-4-3-5-8-16)12-19(13)10-15-11-20-14(2)18-15/h11,13,17H,3-10,12H2,1-2H3. The topological polar surface area (TPSA) is 28.2 Å². The van der Waals surface area contributed by atoms with Gasteiger partial charge in [0.15, 0.2) is 0 Å². The van der Waals surface area contributed by atoms with E-state index in [1.165, 1.54) is 62.3 Å². The second kappa shape index (κ2) is 6.12. The smallest absolute Gasteiger partial charge is 0.0897 e. The molecule has 0 bridgehead atoms. The molecule has 1 aromatic heterocycles. The van der Waals surface area contributed by atoms with Gasteiger partial charge in [0, 0.05) is 30.1 Å². The van der Waals surface area contributed by atoms with Gasteiger partial charge in [0.05, 0.1) is 10.7 Å². The molecule has 0 radical (unpaired) electrons. The number of hydrogen-bond acceptors (Lipinski definition) is 4. The molecule has 1 saturated heterocycles. The molecule has 1 aliphatic carbocycles. The normalized spacial score (nSPS) is 27.6. The molecule has 1 unspecified atom stereocenters. The van der Waals surface area contributed by atoms with Gasteiger partial charge in [-0.05, 0) is 39.7 Å². The summed E-state index contributed by atoms with van der Waals surface area (Å²) in [4.78, 5) is 7.33. The SMILES string of the molecule is Cc1nc(CN2CC3(CCCCC3)NCCC2C)cs1. The maximum absolute atomic E-state index is 4.66. The lowest BCUT2D eigenvalue weighted by Crippen LogP contribution is -2.53. The van der Waals surface area contributed by atoms with Crippen LogP contribution in [-0.2, 0) is 6.54 Å². The minimum atomic E-state index is 0.383. The molecule has 2 heterocycles. The third-order valence-corrected chi connectivity index (χ3v) is 5.86. The van der Waals surface area contributed by atoms with Crippen LogP contribution in [0.3, 0.4) is 0 Å². The number of nitrogens with zero attached hydrogens (tertiary/aromatic N) is 2. The molecule has 112 valence electrons. The fraction of sp³-hybridized carbons (Fsp3) is 0.812. The lowest BCUT2D eigenvalue weighted by atomic mass is 9.81. The summed E-state index contributed by atoms with van der Waals surface area (Å²) in [6.45, 7) is 7.88. The molecule has 1 spiro atoms. The van der Waals surface area contributed by atoms with Crippen LogP contribution in [0.4, 0.5) is 0 Å². The Bertz CT molecular complexity index is 437. The lowest BCUT2D eigenvalue weighted by molar-refractivity contribution is 0.130. The van der Waals surface area contributed by atoms with Gasteiger partial charge in [0.1, 0.15) is 0 Å². The van der Waals surface area contributed by atoms with Crippen molar-refractivity contribution >= 4 is 11.3 Å². The number of hydrogen-bond donors (Lipinski definition) is 1. The van der Waals surface area contributed by atoms with Gasteiger partial charge in [-0.15, -0.1) is 11.3 Å². The molecular formula is C16H27N3S. The van der Waals surface area contributed by atoms with E-state index < -0.39 is 0 Å². The Morgan fingerprint density at radius 3 is 2.90 bits per heavy atom. The van der Waals surface area contributed by atoms with Crippen molar-refractivity contribution in [2.75, 3.05) is 13.1 Å². The molecule has 2 aliphatic rings. The maximum Gasteiger partial charge on any atom is 0.0897 e. The molecule has 3 rings (SSSR count). The third kappa shape index (κ3) is 3.23. The molecule has 1 aliphatic heterocycles. The minimum absolute atomic E-state index is 0.383. The van der Waals surface area contributed by atoms with Crippen LogP contribution >= 0.6 is 11.3 Å².